The van der Waals surface area contributed by atoms with Gasteiger partial charge in [0, 0.05) is 5.39 Å². The number of carbonyl (C=O) groups excluding carboxylic acids is 1. The predicted molar refractivity (Wildman–Crippen MR) is 101 cm³/mol. The number of nitrogens with zero attached hydrogens (tertiary/aromatic N) is 1. The summed E-state index contributed by atoms with van der Waals surface area (Å²) in [5.74, 6) is -1.17. The van der Waals surface area contributed by atoms with Crippen molar-refractivity contribution in [3.63, 3.8) is 0 Å². The smallest absolute Gasteiger partial charge is 0.326 e. The van der Waals surface area contributed by atoms with Crippen molar-refractivity contribution >= 4 is 32.5 Å². The van der Waals surface area contributed by atoms with Gasteiger partial charge < -0.3 is 9.47 Å². The highest BCUT2D eigenvalue weighted by atomic mass is 32.2. The van der Waals surface area contributed by atoms with Gasteiger partial charge in [-0.1, -0.05) is 36.4 Å². The molecule has 8 heteroatoms. The van der Waals surface area contributed by atoms with Gasteiger partial charge in [-0.3, -0.25) is 9.10 Å². The van der Waals surface area contributed by atoms with Crippen molar-refractivity contribution in [3.8, 4) is 5.75 Å². The molecule has 1 heterocycles. The van der Waals surface area contributed by atoms with Crippen LogP contribution in [0.25, 0.3) is 10.8 Å². The Bertz CT molecular complexity index is 1160. The van der Waals surface area contributed by atoms with E-state index < -0.39 is 28.4 Å². The lowest BCUT2D eigenvalue weighted by Crippen LogP contribution is -2.34. The van der Waals surface area contributed by atoms with E-state index in [1.165, 1.54) is 24.3 Å². The number of ether oxygens (including phenoxy) is 2. The molecular weight excluding hydrogens is 385 g/mol. The molecule has 1 aliphatic rings. The average Bonchev–Trinajstić information content (AvgIpc) is 2.90. The fourth-order valence-corrected chi connectivity index (χ4v) is 4.82. The molecule has 4 rings (SSSR count). The quantitative estimate of drug-likeness (QED) is 0.469. The van der Waals surface area contributed by atoms with Gasteiger partial charge in [0.15, 0.2) is 11.6 Å². The van der Waals surface area contributed by atoms with Gasteiger partial charge in [0.25, 0.3) is 10.0 Å². The highest BCUT2D eigenvalue weighted by Gasteiger charge is 2.36. The second kappa shape index (κ2) is 7.12. The maximum atomic E-state index is 13.5. The topological polar surface area (TPSA) is 72.9 Å². The number of carbonyl (C=O) groups is 1. The van der Waals surface area contributed by atoms with E-state index in [1.54, 1.807) is 24.3 Å². The van der Waals surface area contributed by atoms with Crippen molar-refractivity contribution in [2.45, 2.75) is 4.90 Å². The number of halogens is 1. The number of benzene rings is 3. The zero-order chi connectivity index (χ0) is 19.7. The largest absolute Gasteiger partial charge is 0.487 e. The molecule has 0 amide bonds. The van der Waals surface area contributed by atoms with Gasteiger partial charge in [-0.25, -0.2) is 12.8 Å². The predicted octanol–water partition coefficient (Wildman–Crippen LogP) is 3.11. The van der Waals surface area contributed by atoms with E-state index in [4.69, 9.17) is 9.47 Å². The van der Waals surface area contributed by atoms with Gasteiger partial charge in [-0.2, -0.15) is 0 Å². The number of hydrogen-bond donors (Lipinski definition) is 0. The SMILES string of the molecule is O=C(CN1c2cccc3cccc(c23)S1(=O)=O)OCCOc1ccccc1F. The summed E-state index contributed by atoms with van der Waals surface area (Å²) in [6.45, 7) is -0.622. The maximum absolute atomic E-state index is 13.5. The monoisotopic (exact) mass is 401 g/mol. The third-order valence-electron chi connectivity index (χ3n) is 4.39. The first-order valence-electron chi connectivity index (χ1n) is 8.56. The van der Waals surface area contributed by atoms with Crippen molar-refractivity contribution in [3.05, 3.63) is 66.5 Å². The Kier molecular flexibility index (Phi) is 4.64. The van der Waals surface area contributed by atoms with E-state index in [1.807, 2.05) is 12.1 Å². The molecule has 3 aromatic carbocycles. The molecule has 0 unspecified atom stereocenters. The van der Waals surface area contributed by atoms with Crippen molar-refractivity contribution in [1.29, 1.82) is 0 Å². The highest BCUT2D eigenvalue weighted by molar-refractivity contribution is 7.93. The van der Waals surface area contributed by atoms with Crippen LogP contribution in [0.2, 0.25) is 0 Å². The van der Waals surface area contributed by atoms with Crippen LogP contribution in [0, 0.1) is 5.82 Å². The molecule has 28 heavy (non-hydrogen) atoms. The molecule has 0 aromatic heterocycles. The van der Waals surface area contributed by atoms with E-state index in [2.05, 4.69) is 0 Å². The summed E-state index contributed by atoms with van der Waals surface area (Å²) in [5, 5.41) is 1.38. The Labute approximate surface area is 161 Å². The van der Waals surface area contributed by atoms with Gasteiger partial charge in [-0.05, 0) is 29.7 Å². The summed E-state index contributed by atoms with van der Waals surface area (Å²) in [5.41, 5.74) is 0.452. The summed E-state index contributed by atoms with van der Waals surface area (Å²) >= 11 is 0. The third kappa shape index (κ3) is 3.16. The number of hydrogen-bond acceptors (Lipinski definition) is 5. The zero-order valence-corrected chi connectivity index (χ0v) is 15.5. The molecule has 0 radical (unpaired) electrons. The van der Waals surface area contributed by atoms with E-state index >= 15 is 0 Å². The van der Waals surface area contributed by atoms with Gasteiger partial charge >= 0.3 is 5.97 Å². The number of rotatable bonds is 6. The van der Waals surface area contributed by atoms with Gasteiger partial charge in [0.2, 0.25) is 0 Å². The molecule has 0 aliphatic carbocycles. The van der Waals surface area contributed by atoms with Crippen LogP contribution in [0.15, 0.2) is 65.6 Å². The minimum Gasteiger partial charge on any atom is -0.487 e. The first kappa shape index (κ1) is 18.2. The van der Waals surface area contributed by atoms with E-state index in [0.717, 1.165) is 9.69 Å². The Hall–Kier alpha value is -3.13. The van der Waals surface area contributed by atoms with Crippen molar-refractivity contribution in [1.82, 2.24) is 0 Å². The molecule has 3 aromatic rings. The summed E-state index contributed by atoms with van der Waals surface area (Å²) < 4.78 is 50.4. The van der Waals surface area contributed by atoms with Crippen LogP contribution < -0.4 is 9.04 Å². The summed E-state index contributed by atoms with van der Waals surface area (Å²) in [6.07, 6.45) is 0. The van der Waals surface area contributed by atoms with Crippen molar-refractivity contribution in [2.24, 2.45) is 0 Å². The van der Waals surface area contributed by atoms with Crippen LogP contribution in [-0.4, -0.2) is 34.1 Å². The van der Waals surface area contributed by atoms with Crippen LogP contribution >= 0.6 is 0 Å². The highest BCUT2D eigenvalue weighted by Crippen LogP contribution is 2.41. The van der Waals surface area contributed by atoms with E-state index in [-0.39, 0.29) is 23.9 Å². The number of para-hydroxylation sites is 1. The fraction of sp³-hybridized carbons (Fsp3) is 0.150. The van der Waals surface area contributed by atoms with Crippen LogP contribution in [0.3, 0.4) is 0 Å². The molecule has 0 fully saturated rings. The van der Waals surface area contributed by atoms with E-state index in [0.29, 0.717) is 11.1 Å². The summed E-state index contributed by atoms with van der Waals surface area (Å²) in [4.78, 5) is 12.4. The molecular formula is C20H16FNO5S. The molecule has 0 atom stereocenters. The van der Waals surface area contributed by atoms with Gasteiger partial charge in [0.05, 0.1) is 10.6 Å². The first-order valence-corrected chi connectivity index (χ1v) is 10.00. The molecule has 0 N–H and O–H groups in total. The second-order valence-electron chi connectivity index (χ2n) is 6.14. The molecule has 6 nitrogen and oxygen atoms in total. The van der Waals surface area contributed by atoms with Gasteiger partial charge in [-0.15, -0.1) is 0 Å². The van der Waals surface area contributed by atoms with Crippen LogP contribution in [0.5, 0.6) is 5.75 Å². The lowest BCUT2D eigenvalue weighted by Gasteiger charge is -2.17. The summed E-state index contributed by atoms with van der Waals surface area (Å²) in [6, 6.07) is 16.1. The molecule has 144 valence electrons. The van der Waals surface area contributed by atoms with E-state index in [9.17, 15) is 17.6 Å². The molecule has 0 saturated heterocycles. The number of anilines is 1. The average molecular weight is 401 g/mol. The zero-order valence-electron chi connectivity index (χ0n) is 14.7. The first-order chi connectivity index (χ1) is 13.5. The normalized spacial score (nSPS) is 14.2. The van der Waals surface area contributed by atoms with Crippen LogP contribution in [-0.2, 0) is 19.6 Å². The lowest BCUT2D eigenvalue weighted by molar-refractivity contribution is -0.142. The van der Waals surface area contributed by atoms with Crippen LogP contribution in [0.1, 0.15) is 0 Å². The Morgan fingerprint density at radius 3 is 2.50 bits per heavy atom. The van der Waals surface area contributed by atoms with Crippen molar-refractivity contribution < 1.29 is 27.1 Å². The summed E-state index contributed by atoms with van der Waals surface area (Å²) in [7, 11) is -3.82. The Morgan fingerprint density at radius 2 is 1.71 bits per heavy atom. The standard InChI is InChI=1S/C20H16FNO5S/c21-15-7-1-2-9-17(15)26-11-12-27-19(23)13-22-16-8-3-5-14-6-4-10-18(20(14)16)28(22,24)25/h1-10H,11-13H2. The van der Waals surface area contributed by atoms with Gasteiger partial charge in [0.1, 0.15) is 19.8 Å². The molecule has 1 aliphatic heterocycles. The molecule has 0 saturated carbocycles. The Morgan fingerprint density at radius 1 is 0.964 bits per heavy atom. The minimum absolute atomic E-state index is 0.0464. The van der Waals surface area contributed by atoms with Crippen LogP contribution in [0.4, 0.5) is 10.1 Å². The third-order valence-corrected chi connectivity index (χ3v) is 6.20. The number of sulfonamides is 1. The minimum atomic E-state index is -3.82. The maximum Gasteiger partial charge on any atom is 0.326 e. The second-order valence-corrected chi connectivity index (χ2v) is 7.97. The van der Waals surface area contributed by atoms with Crippen molar-refractivity contribution in [2.75, 3.05) is 24.1 Å². The lowest BCUT2D eigenvalue weighted by atomic mass is 10.1. The number of esters is 1. The molecule has 0 bridgehead atoms. The fourth-order valence-electron chi connectivity index (χ4n) is 3.16. The Balaban J connectivity index is 1.41. The molecule has 0 spiro atoms.